The molecule has 0 aromatic heterocycles. The zero-order chi connectivity index (χ0) is 18.4. The molecule has 2 saturated carbocycles. The monoisotopic (exact) mass is 376 g/mol. The summed E-state index contributed by atoms with van der Waals surface area (Å²) in [5, 5.41) is 0.238. The van der Waals surface area contributed by atoms with Crippen molar-refractivity contribution in [2.45, 2.75) is 83.0 Å². The Labute approximate surface area is 164 Å². The minimum Gasteiger partial charge on any atom is -0.205 e. The second kappa shape index (κ2) is 9.93. The van der Waals surface area contributed by atoms with Crippen molar-refractivity contribution in [1.82, 2.24) is 0 Å². The molecule has 144 valence electrons. The number of allylic oxidation sites excluding steroid dienone is 1. The Morgan fingerprint density at radius 2 is 1.42 bits per heavy atom. The normalized spacial score (nSPS) is 29.5. The van der Waals surface area contributed by atoms with E-state index in [2.05, 4.69) is 12.7 Å². The number of halogens is 2. The molecule has 0 saturated heterocycles. The highest BCUT2D eigenvalue weighted by Gasteiger charge is 2.25. The lowest BCUT2D eigenvalue weighted by atomic mass is 9.74. The van der Waals surface area contributed by atoms with Crippen LogP contribution in [0.2, 0.25) is 5.02 Å². The lowest BCUT2D eigenvalue weighted by Gasteiger charge is -2.32. The van der Waals surface area contributed by atoms with E-state index in [1.165, 1.54) is 77.0 Å². The van der Waals surface area contributed by atoms with Crippen molar-refractivity contribution < 1.29 is 4.39 Å². The molecule has 26 heavy (non-hydrogen) atoms. The fraction of sp³-hybridized carbons (Fsp3) is 0.667. The summed E-state index contributed by atoms with van der Waals surface area (Å²) in [4.78, 5) is 0. The summed E-state index contributed by atoms with van der Waals surface area (Å²) >= 11 is 5.81. The first-order valence-corrected chi connectivity index (χ1v) is 11.1. The summed E-state index contributed by atoms with van der Waals surface area (Å²) in [7, 11) is 0. The van der Waals surface area contributed by atoms with Gasteiger partial charge in [-0.1, -0.05) is 62.3 Å². The van der Waals surface area contributed by atoms with E-state index in [0.717, 1.165) is 23.3 Å². The largest absolute Gasteiger partial charge is 0.205 e. The van der Waals surface area contributed by atoms with Crippen LogP contribution in [0.3, 0.4) is 0 Å². The topological polar surface area (TPSA) is 0 Å². The zero-order valence-corrected chi connectivity index (χ0v) is 16.8. The average Bonchev–Trinajstić information content (AvgIpc) is 2.68. The maximum atomic E-state index is 13.7. The molecule has 2 aliphatic carbocycles. The van der Waals surface area contributed by atoms with Crippen LogP contribution in [0.5, 0.6) is 0 Å². The van der Waals surface area contributed by atoms with Gasteiger partial charge >= 0.3 is 0 Å². The second-order valence-corrected chi connectivity index (χ2v) is 9.13. The fourth-order valence-corrected chi connectivity index (χ4v) is 5.30. The molecule has 0 unspecified atom stereocenters. The Morgan fingerprint density at radius 1 is 0.885 bits per heavy atom. The molecule has 0 N–H and O–H groups in total. The van der Waals surface area contributed by atoms with Crippen LogP contribution >= 0.6 is 11.6 Å². The van der Waals surface area contributed by atoms with E-state index in [4.69, 9.17) is 11.6 Å². The van der Waals surface area contributed by atoms with Crippen LogP contribution < -0.4 is 0 Å². The molecular formula is C24H34ClF. The first-order chi connectivity index (χ1) is 12.7. The van der Waals surface area contributed by atoms with Gasteiger partial charge in [-0.15, -0.1) is 6.58 Å². The first-order valence-electron chi connectivity index (χ1n) is 10.7. The maximum Gasteiger partial charge on any atom is 0.142 e. The Bertz CT molecular complexity index is 566. The Balaban J connectivity index is 1.35. The Kier molecular flexibility index (Phi) is 7.61. The SMILES string of the molecule is C=CCC[C@H]1CC[C@H](CC[C@H]2CC[C@H](c3ccc(Cl)c(F)c3)CC2)CC1. The standard InChI is InChI=1S/C24H34ClF/c1-2-3-4-18-5-7-19(8-6-18)9-10-20-11-13-21(14-12-20)22-15-16-23(25)24(26)17-22/h2,15-21H,1,3-14H2/t18-,19-,20-,21-. The molecule has 3 rings (SSSR count). The van der Waals surface area contributed by atoms with Crippen molar-refractivity contribution in [3.8, 4) is 0 Å². The van der Waals surface area contributed by atoms with Gasteiger partial charge in [-0.05, 0) is 79.9 Å². The lowest BCUT2D eigenvalue weighted by Crippen LogP contribution is -2.17. The van der Waals surface area contributed by atoms with Crippen LogP contribution in [0.1, 0.15) is 88.5 Å². The molecule has 0 atom stereocenters. The molecule has 1 aromatic rings. The van der Waals surface area contributed by atoms with Gasteiger partial charge in [0.1, 0.15) is 5.82 Å². The van der Waals surface area contributed by atoms with Crippen LogP contribution in [0.4, 0.5) is 4.39 Å². The Hall–Kier alpha value is -0.820. The highest BCUT2D eigenvalue weighted by atomic mass is 35.5. The molecule has 0 heterocycles. The molecule has 0 radical (unpaired) electrons. The van der Waals surface area contributed by atoms with Crippen molar-refractivity contribution >= 4 is 11.6 Å². The van der Waals surface area contributed by atoms with Crippen molar-refractivity contribution in [1.29, 1.82) is 0 Å². The maximum absolute atomic E-state index is 13.7. The molecule has 0 amide bonds. The molecule has 1 aromatic carbocycles. The molecule has 0 spiro atoms. The molecule has 0 bridgehead atoms. The van der Waals surface area contributed by atoms with Gasteiger partial charge in [0, 0.05) is 0 Å². The average molecular weight is 377 g/mol. The minimum atomic E-state index is -0.269. The summed E-state index contributed by atoms with van der Waals surface area (Å²) in [5.74, 6) is 3.08. The molecule has 2 aliphatic rings. The van der Waals surface area contributed by atoms with Crippen molar-refractivity contribution in [2.24, 2.45) is 17.8 Å². The van der Waals surface area contributed by atoms with E-state index in [-0.39, 0.29) is 10.8 Å². The summed E-state index contributed by atoms with van der Waals surface area (Å²) in [5.41, 5.74) is 1.14. The van der Waals surface area contributed by atoms with Crippen LogP contribution in [0, 0.1) is 23.6 Å². The van der Waals surface area contributed by atoms with Crippen LogP contribution in [-0.2, 0) is 0 Å². The van der Waals surface area contributed by atoms with E-state index in [0.29, 0.717) is 5.92 Å². The van der Waals surface area contributed by atoms with E-state index in [9.17, 15) is 4.39 Å². The molecule has 2 heteroatoms. The Morgan fingerprint density at radius 3 is 1.96 bits per heavy atom. The van der Waals surface area contributed by atoms with Crippen LogP contribution in [0.15, 0.2) is 30.9 Å². The highest BCUT2D eigenvalue weighted by molar-refractivity contribution is 6.30. The third-order valence-electron chi connectivity index (χ3n) is 6.99. The van der Waals surface area contributed by atoms with Gasteiger partial charge in [-0.25, -0.2) is 4.39 Å². The summed E-state index contributed by atoms with van der Waals surface area (Å²) in [6.07, 6.45) is 18.3. The molecular weight excluding hydrogens is 343 g/mol. The number of hydrogen-bond acceptors (Lipinski definition) is 0. The van der Waals surface area contributed by atoms with E-state index >= 15 is 0 Å². The second-order valence-electron chi connectivity index (χ2n) is 8.72. The molecule has 0 nitrogen and oxygen atoms in total. The third kappa shape index (κ3) is 5.59. The van der Waals surface area contributed by atoms with Crippen LogP contribution in [-0.4, -0.2) is 0 Å². The van der Waals surface area contributed by atoms with E-state index in [1.54, 1.807) is 12.1 Å². The summed E-state index contributed by atoms with van der Waals surface area (Å²) in [6, 6.07) is 5.38. The van der Waals surface area contributed by atoms with Gasteiger partial charge in [0.05, 0.1) is 5.02 Å². The molecule has 2 fully saturated rings. The predicted molar refractivity (Wildman–Crippen MR) is 110 cm³/mol. The van der Waals surface area contributed by atoms with Crippen molar-refractivity contribution in [3.05, 3.63) is 47.3 Å². The number of rotatable bonds is 7. The minimum absolute atomic E-state index is 0.238. The van der Waals surface area contributed by atoms with Gasteiger partial charge < -0.3 is 0 Å². The first kappa shape index (κ1) is 19.9. The van der Waals surface area contributed by atoms with Gasteiger partial charge in [0.25, 0.3) is 0 Å². The molecule has 0 aliphatic heterocycles. The number of benzene rings is 1. The van der Waals surface area contributed by atoms with Crippen LogP contribution in [0.25, 0.3) is 0 Å². The lowest BCUT2D eigenvalue weighted by molar-refractivity contribution is 0.225. The van der Waals surface area contributed by atoms with E-state index < -0.39 is 0 Å². The third-order valence-corrected chi connectivity index (χ3v) is 7.30. The van der Waals surface area contributed by atoms with Crippen molar-refractivity contribution in [3.63, 3.8) is 0 Å². The summed E-state index contributed by atoms with van der Waals surface area (Å²) in [6.45, 7) is 3.85. The van der Waals surface area contributed by atoms with Crippen molar-refractivity contribution in [2.75, 3.05) is 0 Å². The fourth-order valence-electron chi connectivity index (χ4n) is 5.18. The summed E-state index contributed by atoms with van der Waals surface area (Å²) < 4.78 is 13.7. The smallest absolute Gasteiger partial charge is 0.142 e. The zero-order valence-electron chi connectivity index (χ0n) is 16.1. The van der Waals surface area contributed by atoms with Gasteiger partial charge in [-0.2, -0.15) is 0 Å². The van der Waals surface area contributed by atoms with E-state index in [1.807, 2.05) is 6.07 Å². The van der Waals surface area contributed by atoms with Gasteiger partial charge in [0.15, 0.2) is 0 Å². The quantitative estimate of drug-likeness (QED) is 0.419. The van der Waals surface area contributed by atoms with Gasteiger partial charge in [-0.3, -0.25) is 0 Å². The number of hydrogen-bond donors (Lipinski definition) is 0. The van der Waals surface area contributed by atoms with Gasteiger partial charge in [0.2, 0.25) is 0 Å². The predicted octanol–water partition coefficient (Wildman–Crippen LogP) is 8.31. The highest BCUT2D eigenvalue weighted by Crippen LogP contribution is 2.40.